The first-order valence-electron chi connectivity index (χ1n) is 8.38. The maximum absolute atomic E-state index is 12.9. The van der Waals surface area contributed by atoms with Gasteiger partial charge in [-0.2, -0.15) is 0 Å². The van der Waals surface area contributed by atoms with Gasteiger partial charge in [0.25, 0.3) is 5.91 Å². The average Bonchev–Trinajstić information content (AvgIpc) is 3.07. The molecule has 1 N–H and O–H groups in total. The van der Waals surface area contributed by atoms with Crippen molar-refractivity contribution in [2.45, 2.75) is 19.0 Å². The van der Waals surface area contributed by atoms with Crippen LogP contribution in [0.3, 0.4) is 0 Å². The zero-order valence-electron chi connectivity index (χ0n) is 13.9. The Bertz CT molecular complexity index is 967. The van der Waals surface area contributed by atoms with Crippen molar-refractivity contribution < 1.29 is 14.0 Å². The fourth-order valence-corrected chi connectivity index (χ4v) is 3.06. The van der Waals surface area contributed by atoms with Gasteiger partial charge in [0, 0.05) is 18.7 Å². The van der Waals surface area contributed by atoms with Gasteiger partial charge in [-0.1, -0.05) is 12.1 Å². The molecule has 1 unspecified atom stereocenters. The lowest BCUT2D eigenvalue weighted by Crippen LogP contribution is -2.64. The molecule has 132 valence electrons. The van der Waals surface area contributed by atoms with Crippen LogP contribution < -0.4 is 10.2 Å². The van der Waals surface area contributed by atoms with Crippen LogP contribution in [0.25, 0.3) is 11.0 Å². The molecule has 0 bridgehead atoms. The molecule has 1 saturated heterocycles. The maximum Gasteiger partial charge on any atom is 0.251 e. The van der Waals surface area contributed by atoms with Crippen LogP contribution in [0.2, 0.25) is 0 Å². The number of para-hydroxylation sites is 2. The monoisotopic (exact) mass is 352 g/mol. The number of nitrogens with one attached hydrogen (secondary N) is 1. The highest BCUT2D eigenvalue weighted by Gasteiger charge is 2.38. The first kappa shape index (κ1) is 16.3. The third-order valence-corrected chi connectivity index (χ3v) is 4.51. The van der Waals surface area contributed by atoms with E-state index in [9.17, 15) is 14.0 Å². The Kier molecular flexibility index (Phi) is 4.12. The lowest BCUT2D eigenvalue weighted by molar-refractivity contribution is -0.130. The molecule has 0 spiro atoms. The molecule has 26 heavy (non-hydrogen) atoms. The first-order chi connectivity index (χ1) is 12.6. The molecule has 3 aromatic rings. The van der Waals surface area contributed by atoms with Gasteiger partial charge >= 0.3 is 0 Å². The van der Waals surface area contributed by atoms with E-state index in [1.54, 1.807) is 18.5 Å². The topological polar surface area (TPSA) is 67.2 Å². The minimum atomic E-state index is -0.521. The molecule has 2 aromatic carbocycles. The number of aromatic nitrogens is 2. The molecule has 1 aromatic heterocycles. The summed E-state index contributed by atoms with van der Waals surface area (Å²) in [5, 5.41) is 2.75. The Morgan fingerprint density at radius 1 is 1.19 bits per heavy atom. The predicted octanol–water partition coefficient (Wildman–Crippen LogP) is 2.10. The number of aryl methyl sites for hydroxylation is 1. The van der Waals surface area contributed by atoms with E-state index in [4.69, 9.17) is 0 Å². The Balaban J connectivity index is 1.30. The standard InChI is InChI=1S/C19H17FN4O2/c20-13-5-7-14(8-6-13)24-11-16(19(24)26)22-18(25)9-10-23-12-21-15-3-1-2-4-17(15)23/h1-8,12,16H,9-11H2,(H,22,25). The fraction of sp³-hybridized carbons (Fsp3) is 0.211. The molecule has 2 heterocycles. The summed E-state index contributed by atoms with van der Waals surface area (Å²) in [6.07, 6.45) is 1.98. The summed E-state index contributed by atoms with van der Waals surface area (Å²) >= 11 is 0. The molecule has 0 saturated carbocycles. The number of fused-ring (bicyclic) bond motifs is 1. The van der Waals surface area contributed by atoms with Gasteiger partial charge in [-0.05, 0) is 36.4 Å². The van der Waals surface area contributed by atoms with Gasteiger partial charge in [-0.15, -0.1) is 0 Å². The van der Waals surface area contributed by atoms with Crippen molar-refractivity contribution in [2.75, 3.05) is 11.4 Å². The smallest absolute Gasteiger partial charge is 0.251 e. The van der Waals surface area contributed by atoms with Gasteiger partial charge in [0.05, 0.1) is 23.9 Å². The van der Waals surface area contributed by atoms with Gasteiger partial charge in [0.15, 0.2) is 0 Å². The van der Waals surface area contributed by atoms with Crippen molar-refractivity contribution >= 4 is 28.5 Å². The van der Waals surface area contributed by atoms with E-state index in [-0.39, 0.29) is 24.1 Å². The number of benzene rings is 2. The molecule has 1 aliphatic heterocycles. The van der Waals surface area contributed by atoms with Gasteiger partial charge < -0.3 is 14.8 Å². The predicted molar refractivity (Wildman–Crippen MR) is 95.0 cm³/mol. The van der Waals surface area contributed by atoms with Gasteiger partial charge in [-0.3, -0.25) is 9.59 Å². The third kappa shape index (κ3) is 3.03. The summed E-state index contributed by atoms with van der Waals surface area (Å²) in [7, 11) is 0. The lowest BCUT2D eigenvalue weighted by atomic mass is 10.1. The molecule has 0 aliphatic carbocycles. The molecule has 1 fully saturated rings. The SMILES string of the molecule is O=C(CCn1cnc2ccccc21)NC1CN(c2ccc(F)cc2)C1=O. The Hall–Kier alpha value is -3.22. The van der Waals surface area contributed by atoms with Crippen LogP contribution in [0, 0.1) is 5.82 Å². The molecule has 2 amide bonds. The van der Waals surface area contributed by atoms with Crippen molar-refractivity contribution in [1.82, 2.24) is 14.9 Å². The van der Waals surface area contributed by atoms with E-state index in [0.29, 0.717) is 18.8 Å². The van der Waals surface area contributed by atoms with Crippen molar-refractivity contribution in [3.05, 3.63) is 60.7 Å². The van der Waals surface area contributed by atoms with Crippen LogP contribution >= 0.6 is 0 Å². The second kappa shape index (κ2) is 6.59. The highest BCUT2D eigenvalue weighted by atomic mass is 19.1. The summed E-state index contributed by atoms with van der Waals surface area (Å²) in [5.41, 5.74) is 2.49. The Morgan fingerprint density at radius 3 is 2.73 bits per heavy atom. The van der Waals surface area contributed by atoms with Gasteiger partial charge in [-0.25, -0.2) is 9.37 Å². The number of hydrogen-bond acceptors (Lipinski definition) is 3. The quantitative estimate of drug-likeness (QED) is 0.715. The van der Waals surface area contributed by atoms with Gasteiger partial charge in [0.1, 0.15) is 11.9 Å². The van der Waals surface area contributed by atoms with Crippen molar-refractivity contribution in [3.63, 3.8) is 0 Å². The average molecular weight is 352 g/mol. The fourth-order valence-electron chi connectivity index (χ4n) is 3.06. The van der Waals surface area contributed by atoms with Crippen LogP contribution in [0.4, 0.5) is 10.1 Å². The van der Waals surface area contributed by atoms with E-state index in [1.165, 1.54) is 17.0 Å². The molecular weight excluding hydrogens is 335 g/mol. The zero-order chi connectivity index (χ0) is 18.1. The third-order valence-electron chi connectivity index (χ3n) is 4.51. The van der Waals surface area contributed by atoms with Crippen molar-refractivity contribution in [2.24, 2.45) is 0 Å². The van der Waals surface area contributed by atoms with E-state index in [1.807, 2.05) is 28.8 Å². The Labute approximate surface area is 149 Å². The van der Waals surface area contributed by atoms with Crippen LogP contribution in [0.5, 0.6) is 0 Å². The molecule has 7 heteroatoms. The van der Waals surface area contributed by atoms with E-state index in [0.717, 1.165) is 11.0 Å². The molecule has 1 aliphatic rings. The minimum Gasteiger partial charge on any atom is -0.343 e. The maximum atomic E-state index is 12.9. The summed E-state index contributed by atoms with van der Waals surface area (Å²) < 4.78 is 14.9. The number of carbonyl (C=O) groups excluding carboxylic acids is 2. The number of anilines is 1. The molecule has 6 nitrogen and oxygen atoms in total. The van der Waals surface area contributed by atoms with Crippen LogP contribution in [0.1, 0.15) is 6.42 Å². The number of amides is 2. The van der Waals surface area contributed by atoms with E-state index < -0.39 is 6.04 Å². The molecule has 4 rings (SSSR count). The number of hydrogen-bond donors (Lipinski definition) is 1. The largest absolute Gasteiger partial charge is 0.343 e. The highest BCUT2D eigenvalue weighted by Crippen LogP contribution is 2.22. The van der Waals surface area contributed by atoms with Crippen molar-refractivity contribution in [3.8, 4) is 0 Å². The second-order valence-electron chi connectivity index (χ2n) is 6.22. The van der Waals surface area contributed by atoms with Crippen LogP contribution in [-0.2, 0) is 16.1 Å². The number of rotatable bonds is 5. The van der Waals surface area contributed by atoms with E-state index in [2.05, 4.69) is 10.3 Å². The summed E-state index contributed by atoms with van der Waals surface area (Å²) in [4.78, 5) is 30.2. The lowest BCUT2D eigenvalue weighted by Gasteiger charge is -2.38. The normalized spacial score (nSPS) is 16.6. The zero-order valence-corrected chi connectivity index (χ0v) is 13.9. The van der Waals surface area contributed by atoms with Crippen LogP contribution in [0.15, 0.2) is 54.9 Å². The summed E-state index contributed by atoms with van der Waals surface area (Å²) in [6.45, 7) is 0.888. The minimum absolute atomic E-state index is 0.181. The van der Waals surface area contributed by atoms with E-state index >= 15 is 0 Å². The first-order valence-corrected chi connectivity index (χ1v) is 8.38. The Morgan fingerprint density at radius 2 is 1.96 bits per heavy atom. The molecular formula is C19H17FN4O2. The molecule has 1 atom stereocenters. The number of carbonyl (C=O) groups is 2. The van der Waals surface area contributed by atoms with Crippen molar-refractivity contribution in [1.29, 1.82) is 0 Å². The number of β-lactam (4-membered cyclic amide) rings is 1. The number of imidazole rings is 1. The summed E-state index contributed by atoms with van der Waals surface area (Å²) in [5.74, 6) is -0.712. The summed E-state index contributed by atoms with van der Waals surface area (Å²) in [6, 6.07) is 12.9. The molecule has 0 radical (unpaired) electrons. The number of halogens is 1. The van der Waals surface area contributed by atoms with Gasteiger partial charge in [0.2, 0.25) is 5.91 Å². The second-order valence-corrected chi connectivity index (χ2v) is 6.22. The van der Waals surface area contributed by atoms with Crippen LogP contribution in [-0.4, -0.2) is 34.0 Å². The number of nitrogens with zero attached hydrogens (tertiary/aromatic N) is 3. The highest BCUT2D eigenvalue weighted by molar-refractivity contribution is 6.05.